The molecule has 8 nitrogen and oxygen atoms in total. The van der Waals surface area contributed by atoms with Crippen LogP contribution < -0.4 is 10.5 Å². The van der Waals surface area contributed by atoms with Crippen molar-refractivity contribution < 1.29 is 9.90 Å². The molecule has 0 saturated carbocycles. The number of benzene rings is 1. The van der Waals surface area contributed by atoms with Gasteiger partial charge in [0.2, 0.25) is 5.91 Å². The molecule has 0 spiro atoms. The largest absolute Gasteiger partial charge is 0.384 e. The molecule has 38 heavy (non-hydrogen) atoms. The topological polar surface area (TPSA) is 91.6 Å². The van der Waals surface area contributed by atoms with Crippen molar-refractivity contribution in [1.82, 2.24) is 19.7 Å². The molecule has 5 atom stereocenters. The van der Waals surface area contributed by atoms with Crippen molar-refractivity contribution in [1.29, 1.82) is 0 Å². The Morgan fingerprint density at radius 3 is 2.21 bits per heavy atom. The van der Waals surface area contributed by atoms with Crippen molar-refractivity contribution in [3.8, 4) is 0 Å². The Balaban J connectivity index is 1.42. The second-order valence-electron chi connectivity index (χ2n) is 10.6. The number of pyridine rings is 1. The Kier molecular flexibility index (Phi) is 7.24. The van der Waals surface area contributed by atoms with E-state index in [-0.39, 0.29) is 35.1 Å². The van der Waals surface area contributed by atoms with Gasteiger partial charge in [-0.15, -0.1) is 0 Å². The molecule has 5 rings (SSSR count). The molecule has 0 unspecified atom stereocenters. The average molecular weight is 556 g/mol. The fourth-order valence-electron chi connectivity index (χ4n) is 6.01. The summed E-state index contributed by atoms with van der Waals surface area (Å²) in [6.45, 7) is 5.80. The van der Waals surface area contributed by atoms with Gasteiger partial charge in [-0.2, -0.15) is 5.10 Å². The molecule has 1 aromatic carbocycles. The van der Waals surface area contributed by atoms with Gasteiger partial charge in [0.15, 0.2) is 0 Å². The molecule has 0 bridgehead atoms. The minimum Gasteiger partial charge on any atom is -0.384 e. The van der Waals surface area contributed by atoms with Crippen molar-refractivity contribution in [2.75, 3.05) is 31.1 Å². The van der Waals surface area contributed by atoms with Crippen LogP contribution in [0.4, 0.5) is 5.82 Å². The first-order chi connectivity index (χ1) is 18.1. The van der Waals surface area contributed by atoms with Gasteiger partial charge in [0.25, 0.3) is 5.56 Å². The highest BCUT2D eigenvalue weighted by atomic mass is 35.5. The smallest absolute Gasteiger partial charge is 0.266 e. The number of anilines is 1. The van der Waals surface area contributed by atoms with Crippen LogP contribution in [0.2, 0.25) is 10.0 Å². The van der Waals surface area contributed by atoms with Gasteiger partial charge >= 0.3 is 0 Å². The number of aromatic nitrogens is 3. The third-order valence-electron chi connectivity index (χ3n) is 8.15. The number of rotatable bonds is 4. The molecule has 2 fully saturated rings. The highest BCUT2D eigenvalue weighted by Crippen LogP contribution is 2.43. The first kappa shape index (κ1) is 26.7. The minimum atomic E-state index is -1.07. The molecule has 2 aliphatic rings. The number of halogens is 2. The standard InChI is InChI=1S/C28H31Cl2N5O3/c1-17-13-35(14-18(2)28(17,38)19-4-6-20(29)7-5-19)27(37)23-16-34(25-10-11-26(36)33(3)32-25)15-22(23)24-9-8-21(30)12-31-24/h4-12,17-18,22-23,38H,13-16H2,1-3H3/t17-,18+,22-,23-,28+/m1/s1. The molecule has 200 valence electrons. The predicted octanol–water partition coefficient (Wildman–Crippen LogP) is 3.70. The maximum atomic E-state index is 14.1. The van der Waals surface area contributed by atoms with Gasteiger partial charge in [-0.05, 0) is 35.9 Å². The quantitative estimate of drug-likeness (QED) is 0.527. The van der Waals surface area contributed by atoms with Crippen LogP contribution in [0.5, 0.6) is 0 Å². The summed E-state index contributed by atoms with van der Waals surface area (Å²) in [6, 6.07) is 14.1. The van der Waals surface area contributed by atoms with Gasteiger partial charge in [0.1, 0.15) is 5.82 Å². The molecule has 3 aromatic rings. The fraction of sp³-hybridized carbons (Fsp3) is 0.429. The third-order valence-corrected chi connectivity index (χ3v) is 8.62. The highest BCUT2D eigenvalue weighted by molar-refractivity contribution is 6.30. The van der Waals surface area contributed by atoms with Crippen LogP contribution in [0, 0.1) is 17.8 Å². The van der Waals surface area contributed by atoms with Gasteiger partial charge in [0.05, 0.1) is 16.5 Å². The number of piperidine rings is 1. The summed E-state index contributed by atoms with van der Waals surface area (Å²) < 4.78 is 1.30. The van der Waals surface area contributed by atoms with Gasteiger partial charge in [-0.25, -0.2) is 4.68 Å². The second-order valence-corrected chi connectivity index (χ2v) is 11.4. The van der Waals surface area contributed by atoms with Crippen LogP contribution in [0.1, 0.15) is 31.0 Å². The lowest BCUT2D eigenvalue weighted by molar-refractivity contribution is -0.152. The molecule has 2 aliphatic heterocycles. The summed E-state index contributed by atoms with van der Waals surface area (Å²) in [5.41, 5.74) is 0.334. The maximum absolute atomic E-state index is 14.1. The first-order valence-corrected chi connectivity index (χ1v) is 13.5. The number of nitrogens with zero attached hydrogens (tertiary/aromatic N) is 5. The lowest BCUT2D eigenvalue weighted by Gasteiger charge is -2.48. The molecular formula is C28H31Cl2N5O3. The molecule has 1 N–H and O–H groups in total. The molecule has 1 amide bonds. The third kappa shape index (κ3) is 4.81. The molecule has 0 radical (unpaired) electrons. The zero-order valence-corrected chi connectivity index (χ0v) is 23.1. The zero-order chi connectivity index (χ0) is 27.2. The van der Waals surface area contributed by atoms with E-state index in [1.165, 1.54) is 10.7 Å². The van der Waals surface area contributed by atoms with E-state index in [4.69, 9.17) is 23.2 Å². The SMILES string of the molecule is C[C@@H]1CN(C(=O)[C@@H]2CN(c3ccc(=O)n(C)n3)C[C@H]2c2ccc(Cl)cn2)C[C@H](C)[C@]1(O)c1ccc(Cl)cc1. The number of aliphatic hydroxyl groups is 1. The lowest BCUT2D eigenvalue weighted by atomic mass is 9.70. The van der Waals surface area contributed by atoms with E-state index in [0.29, 0.717) is 42.0 Å². The average Bonchev–Trinajstić information content (AvgIpc) is 3.34. The van der Waals surface area contributed by atoms with Gasteiger partial charge < -0.3 is 14.9 Å². The lowest BCUT2D eigenvalue weighted by Crippen LogP contribution is -2.57. The summed E-state index contributed by atoms with van der Waals surface area (Å²) >= 11 is 12.2. The fourth-order valence-corrected chi connectivity index (χ4v) is 6.24. The van der Waals surface area contributed by atoms with Crippen molar-refractivity contribution in [3.05, 3.63) is 86.4 Å². The Morgan fingerprint density at radius 1 is 0.947 bits per heavy atom. The number of hydrogen-bond donors (Lipinski definition) is 1. The van der Waals surface area contributed by atoms with E-state index in [0.717, 1.165) is 11.3 Å². The summed E-state index contributed by atoms with van der Waals surface area (Å²) in [7, 11) is 1.61. The number of likely N-dealkylation sites (tertiary alicyclic amines) is 1. The molecule has 2 aromatic heterocycles. The van der Waals surface area contributed by atoms with Crippen LogP contribution in [-0.2, 0) is 17.4 Å². The molecule has 10 heteroatoms. The van der Waals surface area contributed by atoms with Crippen molar-refractivity contribution in [2.45, 2.75) is 25.4 Å². The summed E-state index contributed by atoms with van der Waals surface area (Å²) in [4.78, 5) is 34.4. The Bertz CT molecular complexity index is 1370. The number of amides is 1. The predicted molar refractivity (Wildman–Crippen MR) is 147 cm³/mol. The molecule has 0 aliphatic carbocycles. The molecule has 4 heterocycles. The van der Waals surface area contributed by atoms with Crippen LogP contribution in [0.3, 0.4) is 0 Å². The van der Waals surface area contributed by atoms with E-state index in [2.05, 4.69) is 10.1 Å². The van der Waals surface area contributed by atoms with Crippen LogP contribution in [0.15, 0.2) is 59.5 Å². The number of aryl methyl sites for hydroxylation is 1. The van der Waals surface area contributed by atoms with E-state index >= 15 is 0 Å². The van der Waals surface area contributed by atoms with Gasteiger partial charge in [-0.1, -0.05) is 49.2 Å². The van der Waals surface area contributed by atoms with Crippen LogP contribution in [0.25, 0.3) is 0 Å². The Hall–Kier alpha value is -2.94. The number of hydrogen-bond acceptors (Lipinski definition) is 6. The van der Waals surface area contributed by atoms with E-state index in [1.807, 2.05) is 41.8 Å². The summed E-state index contributed by atoms with van der Waals surface area (Å²) in [5, 5.41) is 17.3. The summed E-state index contributed by atoms with van der Waals surface area (Å²) in [5.74, 6) is -0.266. The highest BCUT2D eigenvalue weighted by Gasteiger charge is 2.49. The minimum absolute atomic E-state index is 0.0240. The second kappa shape index (κ2) is 10.3. The number of carbonyl (C=O) groups excluding carboxylic acids is 1. The van der Waals surface area contributed by atoms with E-state index < -0.39 is 5.60 Å². The maximum Gasteiger partial charge on any atom is 0.266 e. The Morgan fingerprint density at radius 2 is 1.61 bits per heavy atom. The molecular weight excluding hydrogens is 525 g/mol. The van der Waals surface area contributed by atoms with Gasteiger partial charge in [0, 0.05) is 74.0 Å². The van der Waals surface area contributed by atoms with Crippen molar-refractivity contribution in [2.24, 2.45) is 24.8 Å². The normalized spacial score (nSPS) is 27.5. The van der Waals surface area contributed by atoms with Crippen molar-refractivity contribution >= 4 is 34.9 Å². The van der Waals surface area contributed by atoms with Crippen LogP contribution in [-0.4, -0.2) is 56.9 Å². The van der Waals surface area contributed by atoms with Crippen molar-refractivity contribution in [3.63, 3.8) is 0 Å². The molecule has 2 saturated heterocycles. The monoisotopic (exact) mass is 555 g/mol. The first-order valence-electron chi connectivity index (χ1n) is 12.8. The number of carbonyl (C=O) groups is 1. The Labute approximate surface area is 231 Å². The summed E-state index contributed by atoms with van der Waals surface area (Å²) in [6.07, 6.45) is 1.60. The zero-order valence-electron chi connectivity index (χ0n) is 21.6. The van der Waals surface area contributed by atoms with Crippen LogP contribution >= 0.6 is 23.2 Å². The van der Waals surface area contributed by atoms with E-state index in [1.54, 1.807) is 37.5 Å². The van der Waals surface area contributed by atoms with Gasteiger partial charge in [-0.3, -0.25) is 14.6 Å². The van der Waals surface area contributed by atoms with E-state index in [9.17, 15) is 14.7 Å².